The van der Waals surface area contributed by atoms with Crippen molar-refractivity contribution in [2.24, 2.45) is 0 Å². The molecule has 1 aliphatic heterocycles. The van der Waals surface area contributed by atoms with E-state index in [0.29, 0.717) is 22.9 Å². The van der Waals surface area contributed by atoms with Crippen LogP contribution in [0.3, 0.4) is 0 Å². The van der Waals surface area contributed by atoms with E-state index >= 15 is 0 Å². The highest BCUT2D eigenvalue weighted by atomic mass is 16.5. The largest absolute Gasteiger partial charge is 0.456 e. The molecule has 2 heterocycles. The Bertz CT molecular complexity index is 2670. The molecule has 0 unspecified atom stereocenters. The zero-order valence-electron chi connectivity index (χ0n) is 30.1. The molecule has 0 spiro atoms. The molecule has 0 bridgehead atoms. The number of hydrogen-bond acceptors (Lipinski definition) is 3. The SMILES string of the molecule is [2H]c1c([2H])c([2H])c(-c2ccc3c4c(cccc24)-c2cc(-c4cc(-c5ccc(-c6ccccc6)cc5)nc(-c5ccccc5)n4)ccc2O3)c([2H])c1[2H]. The first kappa shape index (κ1) is 22.2. The molecule has 9 rings (SSSR count). The van der Waals surface area contributed by atoms with Crippen molar-refractivity contribution < 1.29 is 11.6 Å². The average molecular weight is 606 g/mol. The summed E-state index contributed by atoms with van der Waals surface area (Å²) in [5, 5.41) is 1.54. The Morgan fingerprint density at radius 3 is 1.83 bits per heavy atom. The third-order valence-electron chi connectivity index (χ3n) is 8.60. The Kier molecular flexibility index (Phi) is 5.32. The van der Waals surface area contributed by atoms with Gasteiger partial charge in [-0.05, 0) is 63.5 Å². The van der Waals surface area contributed by atoms with Crippen molar-refractivity contribution in [2.75, 3.05) is 0 Å². The van der Waals surface area contributed by atoms with Crippen LogP contribution >= 0.6 is 0 Å². The second-order valence-electron chi connectivity index (χ2n) is 11.4. The maximum Gasteiger partial charge on any atom is 0.160 e. The van der Waals surface area contributed by atoms with E-state index in [-0.39, 0.29) is 29.7 Å². The zero-order valence-corrected chi connectivity index (χ0v) is 25.1. The number of nitrogens with zero attached hydrogens (tertiary/aromatic N) is 2. The minimum absolute atomic E-state index is 0.160. The van der Waals surface area contributed by atoms with Crippen molar-refractivity contribution in [3.63, 3.8) is 0 Å². The molecule has 0 fully saturated rings. The van der Waals surface area contributed by atoms with Crippen molar-refractivity contribution in [2.45, 2.75) is 0 Å². The monoisotopic (exact) mass is 605 g/mol. The standard InChI is InChI=1S/C44H28N2O/c1-4-11-29(12-5-1)30-19-21-32(22-20-30)39-28-40(46-44(45-39)33-15-8-3-9-16-33)34-23-25-41-38(27-34)37-18-10-17-36-35(31-13-6-2-7-14-31)24-26-42(47-41)43(36)37/h1-28H/i2D,6D,7D,13D,14D. The molecule has 220 valence electrons. The summed E-state index contributed by atoms with van der Waals surface area (Å²) in [6.45, 7) is 0. The molecule has 0 saturated carbocycles. The zero-order chi connectivity index (χ0) is 35.5. The predicted molar refractivity (Wildman–Crippen MR) is 192 cm³/mol. The van der Waals surface area contributed by atoms with Gasteiger partial charge in [-0.25, -0.2) is 9.97 Å². The molecular weight excluding hydrogens is 572 g/mol. The highest BCUT2D eigenvalue weighted by molar-refractivity contribution is 6.10. The Hall–Kier alpha value is -6.32. The fourth-order valence-electron chi connectivity index (χ4n) is 6.32. The first-order valence-electron chi connectivity index (χ1n) is 17.9. The highest BCUT2D eigenvalue weighted by Gasteiger charge is 2.23. The van der Waals surface area contributed by atoms with Crippen LogP contribution in [0.5, 0.6) is 11.5 Å². The summed E-state index contributed by atoms with van der Waals surface area (Å²) in [5.41, 5.74) is 9.08. The van der Waals surface area contributed by atoms with Crippen LogP contribution in [0.4, 0.5) is 0 Å². The molecule has 0 radical (unpaired) electrons. The van der Waals surface area contributed by atoms with Crippen LogP contribution in [0.2, 0.25) is 0 Å². The summed E-state index contributed by atoms with van der Waals surface area (Å²) in [6, 6.07) is 44.5. The fraction of sp³-hybridized carbons (Fsp3) is 0. The normalized spacial score (nSPS) is 13.1. The van der Waals surface area contributed by atoms with Crippen molar-refractivity contribution in [1.82, 2.24) is 9.97 Å². The van der Waals surface area contributed by atoms with Crippen LogP contribution in [-0.4, -0.2) is 9.97 Å². The first-order valence-corrected chi connectivity index (χ1v) is 15.4. The van der Waals surface area contributed by atoms with Gasteiger partial charge in [-0.3, -0.25) is 0 Å². The van der Waals surface area contributed by atoms with Gasteiger partial charge in [-0.1, -0.05) is 139 Å². The average Bonchev–Trinajstić information content (AvgIpc) is 3.20. The number of rotatable bonds is 5. The minimum atomic E-state index is -0.418. The molecule has 0 amide bonds. The summed E-state index contributed by atoms with van der Waals surface area (Å²) in [5.74, 6) is 1.94. The van der Waals surface area contributed by atoms with Gasteiger partial charge in [-0.2, -0.15) is 0 Å². The molecule has 1 aromatic heterocycles. The molecular formula is C44H28N2O. The van der Waals surface area contributed by atoms with E-state index < -0.39 is 6.04 Å². The smallest absolute Gasteiger partial charge is 0.160 e. The van der Waals surface area contributed by atoms with Gasteiger partial charge < -0.3 is 4.74 Å². The fourth-order valence-corrected chi connectivity index (χ4v) is 6.32. The molecule has 3 nitrogen and oxygen atoms in total. The molecule has 0 atom stereocenters. The molecule has 0 N–H and O–H groups in total. The quantitative estimate of drug-likeness (QED) is 0.196. The van der Waals surface area contributed by atoms with E-state index in [0.717, 1.165) is 61.1 Å². The van der Waals surface area contributed by atoms with Crippen LogP contribution in [0.25, 0.3) is 78.1 Å². The molecule has 7 aromatic carbocycles. The molecule has 3 heteroatoms. The van der Waals surface area contributed by atoms with Crippen molar-refractivity contribution in [1.29, 1.82) is 0 Å². The van der Waals surface area contributed by atoms with Gasteiger partial charge >= 0.3 is 0 Å². The van der Waals surface area contributed by atoms with Crippen LogP contribution in [0, 0.1) is 0 Å². The Balaban J connectivity index is 1.19. The van der Waals surface area contributed by atoms with Gasteiger partial charge in [0.15, 0.2) is 5.82 Å². The number of ether oxygens (including phenoxy) is 1. The lowest BCUT2D eigenvalue weighted by molar-refractivity contribution is 0.487. The molecule has 47 heavy (non-hydrogen) atoms. The van der Waals surface area contributed by atoms with Crippen LogP contribution in [0.1, 0.15) is 6.85 Å². The summed E-state index contributed by atoms with van der Waals surface area (Å²) in [6.07, 6.45) is 0. The maximum absolute atomic E-state index is 8.65. The van der Waals surface area contributed by atoms with Gasteiger partial charge in [0, 0.05) is 27.6 Å². The summed E-state index contributed by atoms with van der Waals surface area (Å²) < 4.78 is 48.4. The molecule has 1 aliphatic rings. The van der Waals surface area contributed by atoms with Gasteiger partial charge in [-0.15, -0.1) is 0 Å². The molecule has 8 aromatic rings. The summed E-state index contributed by atoms with van der Waals surface area (Å²) in [4.78, 5) is 10.1. The minimum Gasteiger partial charge on any atom is -0.456 e. The van der Waals surface area contributed by atoms with E-state index in [9.17, 15) is 0 Å². The van der Waals surface area contributed by atoms with E-state index in [4.69, 9.17) is 21.6 Å². The van der Waals surface area contributed by atoms with Crippen LogP contribution in [0.15, 0.2) is 170 Å². The predicted octanol–water partition coefficient (Wildman–Crippen LogP) is 11.7. The third-order valence-corrected chi connectivity index (χ3v) is 8.60. The van der Waals surface area contributed by atoms with Crippen LogP contribution in [-0.2, 0) is 0 Å². The Morgan fingerprint density at radius 2 is 1.06 bits per heavy atom. The topological polar surface area (TPSA) is 35.0 Å². The number of aromatic nitrogens is 2. The summed E-state index contributed by atoms with van der Waals surface area (Å²) >= 11 is 0. The van der Waals surface area contributed by atoms with Gasteiger partial charge in [0.25, 0.3) is 0 Å². The van der Waals surface area contributed by atoms with Crippen molar-refractivity contribution in [3.8, 4) is 78.8 Å². The number of hydrogen-bond donors (Lipinski definition) is 0. The lowest BCUT2D eigenvalue weighted by Gasteiger charge is -2.23. The van der Waals surface area contributed by atoms with Gasteiger partial charge in [0.1, 0.15) is 11.5 Å². The number of benzene rings is 7. The second kappa shape index (κ2) is 11.2. The third kappa shape index (κ3) is 4.86. The Labute approximate surface area is 280 Å². The van der Waals surface area contributed by atoms with Gasteiger partial charge in [0.2, 0.25) is 0 Å². The second-order valence-corrected chi connectivity index (χ2v) is 11.4. The van der Waals surface area contributed by atoms with Gasteiger partial charge in [0.05, 0.1) is 18.2 Å². The highest BCUT2D eigenvalue weighted by Crippen LogP contribution is 2.49. The summed E-state index contributed by atoms with van der Waals surface area (Å²) in [7, 11) is 0. The van der Waals surface area contributed by atoms with Crippen molar-refractivity contribution >= 4 is 10.8 Å². The number of fused-ring (bicyclic) bond motifs is 2. The van der Waals surface area contributed by atoms with E-state index in [1.807, 2.05) is 91.0 Å². The lowest BCUT2D eigenvalue weighted by Crippen LogP contribution is -1.99. The first-order chi connectivity index (χ1) is 25.4. The Morgan fingerprint density at radius 1 is 0.426 bits per heavy atom. The van der Waals surface area contributed by atoms with E-state index in [2.05, 4.69) is 42.5 Å². The molecule has 0 aliphatic carbocycles. The molecule has 0 saturated heterocycles. The lowest BCUT2D eigenvalue weighted by atomic mass is 9.89. The maximum atomic E-state index is 8.65. The van der Waals surface area contributed by atoms with E-state index in [1.165, 1.54) is 0 Å². The van der Waals surface area contributed by atoms with Crippen LogP contribution < -0.4 is 4.74 Å². The van der Waals surface area contributed by atoms with E-state index in [1.54, 1.807) is 6.07 Å². The van der Waals surface area contributed by atoms with Crippen molar-refractivity contribution in [3.05, 3.63) is 170 Å².